The Labute approximate surface area is 133 Å². The number of nitrogens with two attached hydrogens (primary N) is 1. The minimum Gasteiger partial charge on any atom is -0.496 e. The lowest BCUT2D eigenvalue weighted by Gasteiger charge is -2.28. The maximum atomic E-state index is 12.3. The van der Waals surface area contributed by atoms with Gasteiger partial charge in [-0.05, 0) is 37.0 Å². The van der Waals surface area contributed by atoms with Gasteiger partial charge in [0.15, 0.2) is 0 Å². The number of hydrogen-bond acceptors (Lipinski definition) is 3. The topological polar surface area (TPSA) is 64.4 Å². The second-order valence-electron chi connectivity index (χ2n) is 5.18. The molecule has 0 unspecified atom stereocenters. The second-order valence-corrected chi connectivity index (χ2v) is 5.18. The second kappa shape index (κ2) is 8.90. The van der Waals surface area contributed by atoms with Crippen molar-refractivity contribution in [3.05, 3.63) is 29.3 Å². The molecule has 0 saturated heterocycles. The summed E-state index contributed by atoms with van der Waals surface area (Å²) in [5.74, 6) is 0.873. The molecule has 0 fully saturated rings. The van der Waals surface area contributed by atoms with Gasteiger partial charge in [0.25, 0.3) is 0 Å². The van der Waals surface area contributed by atoms with E-state index >= 15 is 0 Å². The van der Waals surface area contributed by atoms with Crippen molar-refractivity contribution in [3.8, 4) is 5.75 Å². The molecule has 0 spiro atoms. The molecule has 0 aliphatic carbocycles. The van der Waals surface area contributed by atoms with Gasteiger partial charge in [0.1, 0.15) is 5.75 Å². The van der Waals surface area contributed by atoms with E-state index in [-0.39, 0.29) is 18.3 Å². The van der Waals surface area contributed by atoms with Crippen LogP contribution in [0.3, 0.4) is 0 Å². The van der Waals surface area contributed by atoms with Crippen molar-refractivity contribution in [2.24, 2.45) is 11.1 Å². The molecule has 1 aromatic rings. The highest BCUT2D eigenvalue weighted by Gasteiger charge is 2.32. The maximum Gasteiger partial charge on any atom is 0.227 e. The average molecular weight is 315 g/mol. The summed E-state index contributed by atoms with van der Waals surface area (Å²) < 4.78 is 5.29. The van der Waals surface area contributed by atoms with Crippen LogP contribution in [-0.2, 0) is 11.3 Å². The van der Waals surface area contributed by atoms with Gasteiger partial charge in [-0.3, -0.25) is 4.79 Å². The van der Waals surface area contributed by atoms with E-state index in [0.717, 1.165) is 29.7 Å². The molecule has 0 heterocycles. The van der Waals surface area contributed by atoms with Crippen LogP contribution in [0.1, 0.15) is 37.8 Å². The largest absolute Gasteiger partial charge is 0.496 e. The molecule has 0 atom stereocenters. The first-order chi connectivity index (χ1) is 9.52. The number of carbonyl (C=O) groups is 1. The SMILES string of the molecule is CCC(CC)(CN)C(=O)NCc1ccc(C)c(OC)c1.Cl. The van der Waals surface area contributed by atoms with Crippen LogP contribution in [0, 0.1) is 12.3 Å². The van der Waals surface area contributed by atoms with Gasteiger partial charge in [-0.25, -0.2) is 0 Å². The van der Waals surface area contributed by atoms with Gasteiger partial charge in [0.2, 0.25) is 5.91 Å². The Balaban J connectivity index is 0.00000400. The van der Waals surface area contributed by atoms with Crippen LogP contribution in [-0.4, -0.2) is 19.6 Å². The molecular weight excluding hydrogens is 288 g/mol. The molecule has 0 aliphatic rings. The van der Waals surface area contributed by atoms with Gasteiger partial charge in [-0.2, -0.15) is 0 Å². The van der Waals surface area contributed by atoms with Crippen LogP contribution in [0.4, 0.5) is 0 Å². The van der Waals surface area contributed by atoms with Crippen molar-refractivity contribution in [2.45, 2.75) is 40.2 Å². The lowest BCUT2D eigenvalue weighted by atomic mass is 9.81. The van der Waals surface area contributed by atoms with E-state index < -0.39 is 5.41 Å². The number of ether oxygens (including phenoxy) is 1. The highest BCUT2D eigenvalue weighted by atomic mass is 35.5. The fourth-order valence-corrected chi connectivity index (χ4v) is 2.30. The Morgan fingerprint density at radius 1 is 1.33 bits per heavy atom. The number of rotatable bonds is 7. The molecule has 1 aromatic carbocycles. The standard InChI is InChI=1S/C16H26N2O2.ClH/c1-5-16(6-2,11-17)15(19)18-10-13-8-7-12(3)14(9-13)20-4;/h7-9H,5-6,10-11,17H2,1-4H3,(H,18,19);1H. The number of aryl methyl sites for hydroxylation is 1. The van der Waals surface area contributed by atoms with Gasteiger partial charge in [-0.15, -0.1) is 12.4 Å². The molecule has 0 aliphatic heterocycles. The summed E-state index contributed by atoms with van der Waals surface area (Å²) in [7, 11) is 1.65. The molecule has 1 amide bonds. The number of methoxy groups -OCH3 is 1. The number of carbonyl (C=O) groups excluding carboxylic acids is 1. The highest BCUT2D eigenvalue weighted by molar-refractivity contribution is 5.85. The Bertz CT molecular complexity index is 451. The molecule has 3 N–H and O–H groups in total. The minimum absolute atomic E-state index is 0. The third-order valence-electron chi connectivity index (χ3n) is 4.15. The summed E-state index contributed by atoms with van der Waals surface area (Å²) >= 11 is 0. The van der Waals surface area contributed by atoms with E-state index in [1.54, 1.807) is 7.11 Å². The lowest BCUT2D eigenvalue weighted by molar-refractivity contribution is -0.131. The van der Waals surface area contributed by atoms with Crippen LogP contribution >= 0.6 is 12.4 Å². The van der Waals surface area contributed by atoms with E-state index in [9.17, 15) is 4.79 Å². The molecule has 120 valence electrons. The Hall–Kier alpha value is -1.26. The van der Waals surface area contributed by atoms with Crippen LogP contribution in [0.2, 0.25) is 0 Å². The Kier molecular flexibility index (Phi) is 8.37. The van der Waals surface area contributed by atoms with Gasteiger partial charge in [0, 0.05) is 13.1 Å². The van der Waals surface area contributed by atoms with Gasteiger partial charge in [-0.1, -0.05) is 26.0 Å². The first-order valence-electron chi connectivity index (χ1n) is 7.14. The summed E-state index contributed by atoms with van der Waals surface area (Å²) in [5.41, 5.74) is 7.44. The fraction of sp³-hybridized carbons (Fsp3) is 0.562. The number of hydrogen-bond donors (Lipinski definition) is 2. The zero-order valence-corrected chi connectivity index (χ0v) is 14.2. The number of amides is 1. The van der Waals surface area contributed by atoms with Gasteiger partial charge < -0.3 is 15.8 Å². The smallest absolute Gasteiger partial charge is 0.227 e. The highest BCUT2D eigenvalue weighted by Crippen LogP contribution is 2.25. The predicted octanol–water partition coefficient (Wildman–Crippen LogP) is 2.81. The fourth-order valence-electron chi connectivity index (χ4n) is 2.30. The zero-order chi connectivity index (χ0) is 15.2. The first-order valence-corrected chi connectivity index (χ1v) is 7.14. The normalized spacial score (nSPS) is 10.7. The molecule has 5 heteroatoms. The van der Waals surface area contributed by atoms with Crippen LogP contribution < -0.4 is 15.8 Å². The third kappa shape index (κ3) is 4.61. The average Bonchev–Trinajstić information content (AvgIpc) is 2.48. The van der Waals surface area contributed by atoms with Crippen LogP contribution in [0.15, 0.2) is 18.2 Å². The lowest BCUT2D eigenvalue weighted by Crippen LogP contribution is -2.45. The molecule has 1 rings (SSSR count). The molecular formula is C16H27ClN2O2. The predicted molar refractivity (Wildman–Crippen MR) is 88.9 cm³/mol. The van der Waals surface area contributed by atoms with Gasteiger partial charge in [0.05, 0.1) is 12.5 Å². The first kappa shape index (κ1) is 19.7. The van der Waals surface area contributed by atoms with Crippen molar-refractivity contribution >= 4 is 18.3 Å². The van der Waals surface area contributed by atoms with Crippen molar-refractivity contribution in [1.29, 1.82) is 0 Å². The molecule has 0 saturated carbocycles. The number of benzene rings is 1. The molecule has 0 radical (unpaired) electrons. The van der Waals surface area contributed by atoms with Crippen molar-refractivity contribution in [1.82, 2.24) is 5.32 Å². The van der Waals surface area contributed by atoms with Crippen molar-refractivity contribution in [3.63, 3.8) is 0 Å². The third-order valence-corrected chi connectivity index (χ3v) is 4.15. The maximum absolute atomic E-state index is 12.3. The quantitative estimate of drug-likeness (QED) is 0.813. The summed E-state index contributed by atoms with van der Waals surface area (Å²) in [6, 6.07) is 5.95. The minimum atomic E-state index is -0.450. The van der Waals surface area contributed by atoms with Crippen LogP contribution in [0.25, 0.3) is 0 Å². The Morgan fingerprint density at radius 3 is 2.43 bits per heavy atom. The Morgan fingerprint density at radius 2 is 1.95 bits per heavy atom. The summed E-state index contributed by atoms with van der Waals surface area (Å²) in [4.78, 5) is 12.3. The summed E-state index contributed by atoms with van der Waals surface area (Å²) in [5, 5.41) is 2.99. The molecule has 0 bridgehead atoms. The van der Waals surface area contributed by atoms with E-state index in [1.807, 2.05) is 39.0 Å². The van der Waals surface area contributed by atoms with Crippen LogP contribution in [0.5, 0.6) is 5.75 Å². The van der Waals surface area contributed by atoms with E-state index in [0.29, 0.717) is 13.1 Å². The summed E-state index contributed by atoms with van der Waals surface area (Å²) in [6.07, 6.45) is 1.51. The number of halogens is 1. The van der Waals surface area contributed by atoms with Gasteiger partial charge >= 0.3 is 0 Å². The van der Waals surface area contributed by atoms with E-state index in [1.165, 1.54) is 0 Å². The van der Waals surface area contributed by atoms with Crippen molar-refractivity contribution in [2.75, 3.05) is 13.7 Å². The monoisotopic (exact) mass is 314 g/mol. The zero-order valence-electron chi connectivity index (χ0n) is 13.4. The molecule has 0 aromatic heterocycles. The molecule has 4 nitrogen and oxygen atoms in total. The van der Waals surface area contributed by atoms with E-state index in [2.05, 4.69) is 5.32 Å². The molecule has 21 heavy (non-hydrogen) atoms. The summed E-state index contributed by atoms with van der Waals surface area (Å²) in [6.45, 7) is 6.88. The number of nitrogens with one attached hydrogen (secondary N) is 1. The van der Waals surface area contributed by atoms with E-state index in [4.69, 9.17) is 10.5 Å². The van der Waals surface area contributed by atoms with Crippen molar-refractivity contribution < 1.29 is 9.53 Å².